The number of aliphatic hydroxyl groups is 1. The second kappa shape index (κ2) is 6.34. The summed E-state index contributed by atoms with van der Waals surface area (Å²) in [5, 5.41) is 14.0. The zero-order valence-electron chi connectivity index (χ0n) is 16.9. The molecule has 1 N–H and O–H groups in total. The van der Waals surface area contributed by atoms with E-state index in [1.54, 1.807) is 0 Å². The summed E-state index contributed by atoms with van der Waals surface area (Å²) >= 11 is 0. The van der Waals surface area contributed by atoms with Gasteiger partial charge in [0.25, 0.3) is 0 Å². The Morgan fingerprint density at radius 2 is 1.87 bits per heavy atom. The maximum atomic E-state index is 9.88. The van der Waals surface area contributed by atoms with E-state index >= 15 is 0 Å². The van der Waals surface area contributed by atoms with Crippen molar-refractivity contribution in [3.05, 3.63) is 59.5 Å². The number of hydrogen-bond acceptors (Lipinski definition) is 6. The van der Waals surface area contributed by atoms with E-state index in [4.69, 9.17) is 14.2 Å². The number of hydrogen-bond donors (Lipinski definition) is 1. The minimum atomic E-state index is -0.301. The molecule has 6 rings (SSSR count). The molecular weight excluding hydrogens is 380 g/mol. The fraction of sp³-hybridized carbons (Fsp3) is 0.304. The van der Waals surface area contributed by atoms with Crippen molar-refractivity contribution in [3.8, 4) is 16.9 Å². The molecule has 7 nitrogen and oxygen atoms in total. The van der Waals surface area contributed by atoms with Crippen molar-refractivity contribution in [2.75, 3.05) is 24.6 Å². The standard InChI is InChI=1S/C23H22N4O3/c1-13-20(14(2)30-25-13)17-8-9-18-21-22(17)29-12-19(15-6-4-3-5-7-15)27(21)23(24-18)26-10-16(28)11-26/h3-9,16,19,28H,10-12H2,1-2H3. The van der Waals surface area contributed by atoms with Gasteiger partial charge in [-0.05, 0) is 31.5 Å². The number of nitrogens with zero attached hydrogens (tertiary/aromatic N) is 4. The molecule has 0 saturated carbocycles. The van der Waals surface area contributed by atoms with Gasteiger partial charge in [-0.15, -0.1) is 0 Å². The van der Waals surface area contributed by atoms with Crippen LogP contribution >= 0.6 is 0 Å². The molecule has 7 heteroatoms. The van der Waals surface area contributed by atoms with Crippen LogP contribution in [-0.4, -0.2) is 45.6 Å². The third-order valence-electron chi connectivity index (χ3n) is 6.12. The van der Waals surface area contributed by atoms with Gasteiger partial charge in [0.15, 0.2) is 5.75 Å². The lowest BCUT2D eigenvalue weighted by Gasteiger charge is -2.39. The van der Waals surface area contributed by atoms with E-state index in [0.29, 0.717) is 19.7 Å². The molecule has 30 heavy (non-hydrogen) atoms. The smallest absolute Gasteiger partial charge is 0.207 e. The van der Waals surface area contributed by atoms with Gasteiger partial charge in [-0.1, -0.05) is 35.5 Å². The average molecular weight is 402 g/mol. The van der Waals surface area contributed by atoms with Crippen LogP contribution in [0.2, 0.25) is 0 Å². The largest absolute Gasteiger partial charge is 0.488 e. The van der Waals surface area contributed by atoms with E-state index in [1.807, 2.05) is 44.2 Å². The summed E-state index contributed by atoms with van der Waals surface area (Å²) in [6.45, 7) is 5.57. The Kier molecular flexibility index (Phi) is 3.70. The monoisotopic (exact) mass is 402 g/mol. The van der Waals surface area contributed by atoms with Crippen LogP contribution in [-0.2, 0) is 0 Å². The third kappa shape index (κ3) is 2.42. The maximum absolute atomic E-state index is 9.88. The average Bonchev–Trinajstić information content (AvgIpc) is 3.28. The first-order chi connectivity index (χ1) is 14.6. The van der Waals surface area contributed by atoms with Crippen molar-refractivity contribution < 1.29 is 14.4 Å². The molecule has 1 unspecified atom stereocenters. The molecule has 4 aromatic rings. The normalized spacial score (nSPS) is 18.5. The molecule has 2 aromatic heterocycles. The van der Waals surface area contributed by atoms with Gasteiger partial charge < -0.3 is 19.3 Å². The van der Waals surface area contributed by atoms with E-state index in [-0.39, 0.29) is 12.1 Å². The van der Waals surface area contributed by atoms with Gasteiger partial charge in [0.2, 0.25) is 5.95 Å². The van der Waals surface area contributed by atoms with Crippen molar-refractivity contribution in [2.45, 2.75) is 26.0 Å². The van der Waals surface area contributed by atoms with Crippen LogP contribution < -0.4 is 9.64 Å². The number of β-amino-alcohol motifs (C(OH)–C–C–N with tert-alkyl or cyclic N) is 1. The topological polar surface area (TPSA) is 76.5 Å². The number of ether oxygens (including phenoxy) is 1. The lowest BCUT2D eigenvalue weighted by Crippen LogP contribution is -2.52. The Hall–Kier alpha value is -3.32. The highest BCUT2D eigenvalue weighted by molar-refractivity contribution is 5.94. The first-order valence-electron chi connectivity index (χ1n) is 10.2. The van der Waals surface area contributed by atoms with E-state index in [1.165, 1.54) is 5.56 Å². The number of anilines is 1. The predicted octanol–water partition coefficient (Wildman–Crippen LogP) is 3.47. The van der Waals surface area contributed by atoms with Crippen LogP contribution in [0, 0.1) is 13.8 Å². The summed E-state index contributed by atoms with van der Waals surface area (Å²) in [5.41, 5.74) is 5.82. The Balaban J connectivity index is 1.62. The molecule has 2 aliphatic rings. The van der Waals surface area contributed by atoms with Gasteiger partial charge in [-0.2, -0.15) is 0 Å². The highest BCUT2D eigenvalue weighted by Crippen LogP contribution is 2.46. The molecule has 2 aromatic carbocycles. The van der Waals surface area contributed by atoms with Crippen LogP contribution in [0.5, 0.6) is 5.75 Å². The number of imidazole rings is 1. The first-order valence-corrected chi connectivity index (χ1v) is 10.2. The highest BCUT2D eigenvalue weighted by atomic mass is 16.5. The van der Waals surface area contributed by atoms with E-state index in [0.717, 1.165) is 45.3 Å². The van der Waals surface area contributed by atoms with Crippen LogP contribution in [0.3, 0.4) is 0 Å². The number of rotatable bonds is 3. The molecule has 0 aliphatic carbocycles. The van der Waals surface area contributed by atoms with Crippen molar-refractivity contribution in [3.63, 3.8) is 0 Å². The summed E-state index contributed by atoms with van der Waals surface area (Å²) in [5.74, 6) is 2.47. The van der Waals surface area contributed by atoms with Gasteiger partial charge in [0.1, 0.15) is 17.9 Å². The van der Waals surface area contributed by atoms with Gasteiger partial charge in [-0.25, -0.2) is 4.98 Å². The van der Waals surface area contributed by atoms with Crippen molar-refractivity contribution in [2.24, 2.45) is 0 Å². The van der Waals surface area contributed by atoms with Gasteiger partial charge in [-0.3, -0.25) is 4.57 Å². The Labute approximate surface area is 173 Å². The van der Waals surface area contributed by atoms with E-state index in [2.05, 4.69) is 26.8 Å². The lowest BCUT2D eigenvalue weighted by molar-refractivity contribution is 0.139. The fourth-order valence-electron chi connectivity index (χ4n) is 4.65. The number of aryl methyl sites for hydroxylation is 2. The second-order valence-electron chi connectivity index (χ2n) is 8.09. The summed E-state index contributed by atoms with van der Waals surface area (Å²) < 4.78 is 14.1. The quantitative estimate of drug-likeness (QED) is 0.566. The molecular formula is C23H22N4O3. The van der Waals surface area contributed by atoms with Crippen LogP contribution in [0.4, 0.5) is 5.95 Å². The van der Waals surface area contributed by atoms with Crippen LogP contribution in [0.1, 0.15) is 23.1 Å². The zero-order chi connectivity index (χ0) is 20.4. The number of aliphatic hydroxyl groups excluding tert-OH is 1. The maximum Gasteiger partial charge on any atom is 0.207 e. The minimum Gasteiger partial charge on any atom is -0.488 e. The zero-order valence-corrected chi connectivity index (χ0v) is 16.9. The summed E-state index contributed by atoms with van der Waals surface area (Å²) in [7, 11) is 0. The van der Waals surface area contributed by atoms with Crippen LogP contribution in [0.15, 0.2) is 47.0 Å². The van der Waals surface area contributed by atoms with Crippen molar-refractivity contribution >= 4 is 17.0 Å². The summed E-state index contributed by atoms with van der Waals surface area (Å²) in [4.78, 5) is 7.07. The molecule has 0 spiro atoms. The molecule has 0 bridgehead atoms. The van der Waals surface area contributed by atoms with Crippen LogP contribution in [0.25, 0.3) is 22.2 Å². The van der Waals surface area contributed by atoms with Crippen molar-refractivity contribution in [1.29, 1.82) is 0 Å². The van der Waals surface area contributed by atoms with Gasteiger partial charge >= 0.3 is 0 Å². The molecule has 152 valence electrons. The molecule has 2 aliphatic heterocycles. The van der Waals surface area contributed by atoms with E-state index < -0.39 is 0 Å². The molecule has 1 atom stereocenters. The van der Waals surface area contributed by atoms with Gasteiger partial charge in [0.05, 0.1) is 28.9 Å². The SMILES string of the molecule is Cc1noc(C)c1-c1ccc2nc(N3CC(O)C3)n3c2c1OCC3c1ccccc1. The molecule has 4 heterocycles. The summed E-state index contributed by atoms with van der Waals surface area (Å²) in [6, 6.07) is 14.4. The third-order valence-corrected chi connectivity index (χ3v) is 6.12. The molecule has 1 fully saturated rings. The summed E-state index contributed by atoms with van der Waals surface area (Å²) in [6.07, 6.45) is -0.301. The Morgan fingerprint density at radius 1 is 1.07 bits per heavy atom. The fourth-order valence-corrected chi connectivity index (χ4v) is 4.65. The molecule has 0 amide bonds. The van der Waals surface area contributed by atoms with E-state index in [9.17, 15) is 5.11 Å². The Morgan fingerprint density at radius 3 is 2.57 bits per heavy atom. The number of aromatic nitrogens is 3. The van der Waals surface area contributed by atoms with Gasteiger partial charge in [0, 0.05) is 18.7 Å². The highest BCUT2D eigenvalue weighted by Gasteiger charge is 2.36. The molecule has 0 radical (unpaired) electrons. The first kappa shape index (κ1) is 17.5. The molecule has 1 saturated heterocycles. The Bertz CT molecular complexity index is 1240. The minimum absolute atomic E-state index is 0.0105. The van der Waals surface area contributed by atoms with Crippen molar-refractivity contribution in [1.82, 2.24) is 14.7 Å². The predicted molar refractivity (Wildman–Crippen MR) is 113 cm³/mol. The lowest BCUT2D eigenvalue weighted by atomic mass is 10.00. The second-order valence-corrected chi connectivity index (χ2v) is 8.09. The number of benzene rings is 2.